The van der Waals surface area contributed by atoms with Crippen LogP contribution in [-0.2, 0) is 9.59 Å². The van der Waals surface area contributed by atoms with Crippen molar-refractivity contribution in [3.63, 3.8) is 0 Å². The van der Waals surface area contributed by atoms with Crippen molar-refractivity contribution < 1.29 is 9.59 Å². The van der Waals surface area contributed by atoms with Crippen molar-refractivity contribution in [3.8, 4) is 6.07 Å². The highest BCUT2D eigenvalue weighted by Gasteiger charge is 2.47. The van der Waals surface area contributed by atoms with E-state index >= 15 is 0 Å². The van der Waals surface area contributed by atoms with E-state index in [1.165, 1.54) is 4.90 Å². The fourth-order valence-electron chi connectivity index (χ4n) is 2.05. The summed E-state index contributed by atoms with van der Waals surface area (Å²) < 4.78 is 0. The van der Waals surface area contributed by atoms with Crippen molar-refractivity contribution in [1.29, 1.82) is 5.26 Å². The second-order valence-corrected chi connectivity index (χ2v) is 5.09. The Balaban J connectivity index is 2.79. The van der Waals surface area contributed by atoms with Gasteiger partial charge in [0.05, 0.1) is 12.6 Å². The number of hydrogen-bond acceptors (Lipinski definition) is 3. The molecule has 0 aromatic heterocycles. The molecule has 1 aliphatic carbocycles. The van der Waals surface area contributed by atoms with Gasteiger partial charge in [-0.15, -0.1) is 0 Å². The molecule has 1 aliphatic rings. The average Bonchev–Trinajstić information content (AvgIpc) is 2.14. The summed E-state index contributed by atoms with van der Waals surface area (Å²) >= 11 is 0. The van der Waals surface area contributed by atoms with Gasteiger partial charge >= 0.3 is 0 Å². The van der Waals surface area contributed by atoms with Gasteiger partial charge in [-0.1, -0.05) is 13.8 Å². The largest absolute Gasteiger partial charge is 0.368 e. The second kappa shape index (κ2) is 5.17. The molecule has 2 N–H and O–H groups in total. The van der Waals surface area contributed by atoms with Gasteiger partial charge in [-0.25, -0.2) is 0 Å². The van der Waals surface area contributed by atoms with Crippen LogP contribution in [0.25, 0.3) is 0 Å². The van der Waals surface area contributed by atoms with Crippen LogP contribution in [0.4, 0.5) is 0 Å². The Bertz CT molecular complexity index is 353. The van der Waals surface area contributed by atoms with E-state index in [0.29, 0.717) is 19.4 Å². The fraction of sp³-hybridized carbons (Fsp3) is 0.750. The zero-order chi connectivity index (χ0) is 13.1. The van der Waals surface area contributed by atoms with Gasteiger partial charge in [-0.3, -0.25) is 9.59 Å². The Morgan fingerprint density at radius 3 is 2.35 bits per heavy atom. The van der Waals surface area contributed by atoms with Crippen LogP contribution in [0.5, 0.6) is 0 Å². The van der Waals surface area contributed by atoms with Gasteiger partial charge in [0.1, 0.15) is 5.41 Å². The van der Waals surface area contributed by atoms with Crippen molar-refractivity contribution in [2.75, 3.05) is 13.1 Å². The molecule has 0 saturated heterocycles. The van der Waals surface area contributed by atoms with Crippen LogP contribution in [0.3, 0.4) is 0 Å². The molecule has 0 aromatic rings. The number of nitrogens with two attached hydrogens (primary N) is 1. The quantitative estimate of drug-likeness (QED) is 0.761. The number of carbonyl (C=O) groups is 2. The van der Waals surface area contributed by atoms with E-state index in [1.54, 1.807) is 0 Å². The minimum absolute atomic E-state index is 0.0968. The van der Waals surface area contributed by atoms with E-state index in [0.717, 1.165) is 6.42 Å². The number of carbonyl (C=O) groups excluding carboxylic acids is 2. The molecule has 0 bridgehead atoms. The van der Waals surface area contributed by atoms with Crippen LogP contribution >= 0.6 is 0 Å². The topological polar surface area (TPSA) is 87.2 Å². The summed E-state index contributed by atoms with van der Waals surface area (Å²) in [6, 6.07) is 2.10. The summed E-state index contributed by atoms with van der Waals surface area (Å²) in [5.41, 5.74) is 4.24. The molecule has 0 radical (unpaired) electrons. The minimum Gasteiger partial charge on any atom is -0.368 e. The lowest BCUT2D eigenvalue weighted by Gasteiger charge is -2.38. The lowest BCUT2D eigenvalue weighted by Crippen LogP contribution is -2.50. The van der Waals surface area contributed by atoms with Crippen molar-refractivity contribution in [3.05, 3.63) is 0 Å². The van der Waals surface area contributed by atoms with Gasteiger partial charge in [0.15, 0.2) is 0 Å². The molecule has 0 aliphatic heterocycles. The molecule has 1 saturated carbocycles. The summed E-state index contributed by atoms with van der Waals surface area (Å²) in [5, 5.41) is 9.11. The highest BCUT2D eigenvalue weighted by molar-refractivity contribution is 5.90. The average molecular weight is 237 g/mol. The summed E-state index contributed by atoms with van der Waals surface area (Å²) in [6.45, 7) is 4.29. The first-order chi connectivity index (χ1) is 7.91. The Morgan fingerprint density at radius 1 is 1.47 bits per heavy atom. The molecule has 94 valence electrons. The number of primary amides is 1. The van der Waals surface area contributed by atoms with Crippen LogP contribution in [0.15, 0.2) is 0 Å². The van der Waals surface area contributed by atoms with Crippen LogP contribution in [-0.4, -0.2) is 29.8 Å². The summed E-state index contributed by atoms with van der Waals surface area (Å²) in [4.78, 5) is 24.6. The van der Waals surface area contributed by atoms with E-state index in [2.05, 4.69) is 6.07 Å². The maximum atomic E-state index is 12.2. The third kappa shape index (κ3) is 2.96. The van der Waals surface area contributed by atoms with Gasteiger partial charge in [-0.2, -0.15) is 5.26 Å². The highest BCUT2D eigenvalue weighted by atomic mass is 16.2. The van der Waals surface area contributed by atoms with Gasteiger partial charge < -0.3 is 10.6 Å². The highest BCUT2D eigenvalue weighted by Crippen LogP contribution is 2.41. The lowest BCUT2D eigenvalue weighted by molar-refractivity contribution is -0.145. The molecule has 5 nitrogen and oxygen atoms in total. The number of amides is 2. The predicted molar refractivity (Wildman–Crippen MR) is 62.5 cm³/mol. The van der Waals surface area contributed by atoms with Crippen molar-refractivity contribution in [2.24, 2.45) is 17.1 Å². The van der Waals surface area contributed by atoms with E-state index in [1.807, 2.05) is 13.8 Å². The summed E-state index contributed by atoms with van der Waals surface area (Å²) in [5.74, 6) is -0.528. The van der Waals surface area contributed by atoms with Gasteiger partial charge in [0.2, 0.25) is 11.8 Å². The summed E-state index contributed by atoms with van der Waals surface area (Å²) in [7, 11) is 0. The monoisotopic (exact) mass is 237 g/mol. The van der Waals surface area contributed by atoms with Gasteiger partial charge in [0.25, 0.3) is 0 Å². The number of rotatable bonds is 5. The van der Waals surface area contributed by atoms with Crippen LogP contribution in [0.2, 0.25) is 0 Å². The summed E-state index contributed by atoms with van der Waals surface area (Å²) in [6.07, 6.45) is 2.08. The maximum absolute atomic E-state index is 12.2. The zero-order valence-electron chi connectivity index (χ0n) is 10.4. The molecule has 0 spiro atoms. The molecule has 0 heterocycles. The standard InChI is InChI=1S/C12H19N3O2/c1-9(2)6-15(7-10(14)16)11(17)12(8-13)4-3-5-12/h9H,3-7H2,1-2H3,(H2,14,16). The number of nitrogens with zero attached hydrogens (tertiary/aromatic N) is 2. The van der Waals surface area contributed by atoms with Crippen molar-refractivity contribution in [1.82, 2.24) is 4.90 Å². The lowest BCUT2D eigenvalue weighted by atomic mass is 9.69. The molecule has 1 fully saturated rings. The van der Waals surface area contributed by atoms with Crippen molar-refractivity contribution in [2.45, 2.75) is 33.1 Å². The number of hydrogen-bond donors (Lipinski definition) is 1. The molecule has 2 amide bonds. The predicted octanol–water partition coefficient (Wildman–Crippen LogP) is 0.650. The van der Waals surface area contributed by atoms with E-state index in [-0.39, 0.29) is 18.4 Å². The minimum atomic E-state index is -0.898. The molecule has 1 rings (SSSR count). The first-order valence-electron chi connectivity index (χ1n) is 5.90. The Kier molecular flexibility index (Phi) is 4.11. The molecular formula is C12H19N3O2. The maximum Gasteiger partial charge on any atom is 0.243 e. The van der Waals surface area contributed by atoms with Gasteiger partial charge in [0, 0.05) is 6.54 Å². The molecule has 5 heteroatoms. The molecule has 0 atom stereocenters. The van der Waals surface area contributed by atoms with Crippen LogP contribution < -0.4 is 5.73 Å². The SMILES string of the molecule is CC(C)CN(CC(N)=O)C(=O)C1(C#N)CCC1. The van der Waals surface area contributed by atoms with E-state index in [4.69, 9.17) is 11.0 Å². The molecular weight excluding hydrogens is 218 g/mol. The van der Waals surface area contributed by atoms with Crippen molar-refractivity contribution >= 4 is 11.8 Å². The number of nitriles is 1. The Hall–Kier alpha value is -1.57. The van der Waals surface area contributed by atoms with E-state index < -0.39 is 11.3 Å². The third-order valence-electron chi connectivity index (χ3n) is 3.05. The molecule has 0 unspecified atom stereocenters. The van der Waals surface area contributed by atoms with Gasteiger partial charge in [-0.05, 0) is 25.2 Å². The fourth-order valence-corrected chi connectivity index (χ4v) is 2.05. The normalized spacial score (nSPS) is 17.1. The second-order valence-electron chi connectivity index (χ2n) is 5.09. The van der Waals surface area contributed by atoms with E-state index in [9.17, 15) is 9.59 Å². The first-order valence-corrected chi connectivity index (χ1v) is 5.90. The Labute approximate surface area is 102 Å². The smallest absolute Gasteiger partial charge is 0.243 e. The first kappa shape index (κ1) is 13.5. The Morgan fingerprint density at radius 2 is 2.06 bits per heavy atom. The molecule has 0 aromatic carbocycles. The van der Waals surface area contributed by atoms with Crippen LogP contribution in [0, 0.1) is 22.7 Å². The third-order valence-corrected chi connectivity index (χ3v) is 3.05. The molecule has 17 heavy (non-hydrogen) atoms. The van der Waals surface area contributed by atoms with Crippen LogP contribution in [0.1, 0.15) is 33.1 Å². The zero-order valence-corrected chi connectivity index (χ0v) is 10.4.